The topological polar surface area (TPSA) is 89.2 Å². The van der Waals surface area contributed by atoms with E-state index in [1.807, 2.05) is 51.7 Å². The number of nitrogens with zero attached hydrogens (tertiary/aromatic N) is 5. The third kappa shape index (κ3) is 3.49. The van der Waals surface area contributed by atoms with Crippen LogP contribution in [0.15, 0.2) is 48.9 Å². The van der Waals surface area contributed by atoms with Gasteiger partial charge < -0.3 is 19.1 Å². The Labute approximate surface area is 218 Å². The molecule has 4 aromatic rings. The number of fused-ring (bicyclic) bond motifs is 1. The number of Topliss-reactive ketones (excluding diaryl/α,β-unsaturated/α-hetero) is 2. The van der Waals surface area contributed by atoms with Gasteiger partial charge in [0, 0.05) is 61.6 Å². The summed E-state index contributed by atoms with van der Waals surface area (Å²) in [6.45, 7) is 6.00. The van der Waals surface area contributed by atoms with Crippen molar-refractivity contribution in [3.05, 3.63) is 71.3 Å². The van der Waals surface area contributed by atoms with Gasteiger partial charge in [0.2, 0.25) is 0 Å². The van der Waals surface area contributed by atoms with E-state index in [9.17, 15) is 14.4 Å². The summed E-state index contributed by atoms with van der Waals surface area (Å²) in [5.41, 5.74) is 6.12. The van der Waals surface area contributed by atoms with Gasteiger partial charge in [-0.15, -0.1) is 0 Å². The zero-order valence-electron chi connectivity index (χ0n) is 21.1. The second-order valence-corrected chi connectivity index (χ2v) is 10.2. The summed E-state index contributed by atoms with van der Waals surface area (Å²) < 4.78 is 9.42. The number of allylic oxidation sites excluding steroid dienone is 2. The average Bonchev–Trinajstić information content (AvgIpc) is 3.54. The molecule has 1 saturated heterocycles. The molecule has 0 bridgehead atoms. The number of aryl methyl sites for hydroxylation is 1. The van der Waals surface area contributed by atoms with Crippen molar-refractivity contribution in [2.75, 3.05) is 32.8 Å². The van der Waals surface area contributed by atoms with Gasteiger partial charge in [0.05, 0.1) is 42.6 Å². The molecule has 3 aromatic heterocycles. The van der Waals surface area contributed by atoms with Gasteiger partial charge in [-0.3, -0.25) is 14.0 Å². The minimum Gasteiger partial charge on any atom is -0.378 e. The van der Waals surface area contributed by atoms with Crippen molar-refractivity contribution in [3.8, 4) is 0 Å². The highest BCUT2D eigenvalue weighted by atomic mass is 16.5. The Morgan fingerprint density at radius 2 is 1.79 bits per heavy atom. The van der Waals surface area contributed by atoms with Crippen molar-refractivity contribution >= 4 is 45.3 Å². The van der Waals surface area contributed by atoms with Gasteiger partial charge >= 0.3 is 6.03 Å². The number of imidazole rings is 1. The quantitative estimate of drug-likeness (QED) is 0.387. The maximum Gasteiger partial charge on any atom is 0.320 e. The van der Waals surface area contributed by atoms with Crippen LogP contribution in [0.25, 0.3) is 27.7 Å². The molecule has 2 amide bonds. The van der Waals surface area contributed by atoms with Crippen LogP contribution in [0.5, 0.6) is 0 Å². The minimum absolute atomic E-state index is 0.0307. The fourth-order valence-corrected chi connectivity index (χ4v) is 6.09. The van der Waals surface area contributed by atoms with Crippen LogP contribution in [0.3, 0.4) is 0 Å². The van der Waals surface area contributed by atoms with E-state index in [-0.39, 0.29) is 24.0 Å². The summed E-state index contributed by atoms with van der Waals surface area (Å²) in [7, 11) is 0. The van der Waals surface area contributed by atoms with E-state index >= 15 is 0 Å². The molecule has 0 unspecified atom stereocenters. The van der Waals surface area contributed by atoms with Crippen molar-refractivity contribution in [2.24, 2.45) is 0 Å². The summed E-state index contributed by atoms with van der Waals surface area (Å²) in [5.74, 6) is -0.349. The van der Waals surface area contributed by atoms with Gasteiger partial charge in [0.25, 0.3) is 0 Å². The molecule has 0 saturated carbocycles. The molecule has 9 heteroatoms. The molecule has 1 aliphatic carbocycles. The van der Waals surface area contributed by atoms with Crippen LogP contribution < -0.4 is 0 Å². The number of hydrogen-bond acceptors (Lipinski definition) is 5. The van der Waals surface area contributed by atoms with E-state index in [0.29, 0.717) is 62.8 Å². The number of amides is 2. The van der Waals surface area contributed by atoms with E-state index in [1.54, 1.807) is 6.20 Å². The van der Waals surface area contributed by atoms with Crippen LogP contribution in [-0.2, 0) is 27.4 Å². The number of ether oxygens (including phenoxy) is 1. The Bertz CT molecular complexity index is 1690. The number of urea groups is 1. The van der Waals surface area contributed by atoms with Crippen molar-refractivity contribution in [1.29, 1.82) is 0 Å². The molecule has 5 heterocycles. The molecule has 192 valence electrons. The van der Waals surface area contributed by atoms with E-state index in [2.05, 4.69) is 21.7 Å². The molecule has 0 N–H and O–H groups in total. The molecule has 38 heavy (non-hydrogen) atoms. The molecular weight excluding hydrogens is 482 g/mol. The normalized spacial score (nSPS) is 18.2. The molecule has 9 nitrogen and oxygen atoms in total. The van der Waals surface area contributed by atoms with Crippen molar-refractivity contribution in [1.82, 2.24) is 23.8 Å². The summed E-state index contributed by atoms with van der Waals surface area (Å²) in [5, 5.41) is 0.935. The largest absolute Gasteiger partial charge is 0.378 e. The monoisotopic (exact) mass is 509 g/mol. The fraction of sp³-hybridized carbons (Fsp3) is 0.310. The van der Waals surface area contributed by atoms with Crippen molar-refractivity contribution < 1.29 is 19.1 Å². The average molecular weight is 510 g/mol. The maximum absolute atomic E-state index is 13.4. The first-order chi connectivity index (χ1) is 18.5. The molecule has 0 atom stereocenters. The Hall–Kier alpha value is -4.24. The summed E-state index contributed by atoms with van der Waals surface area (Å²) >= 11 is 0. The second-order valence-electron chi connectivity index (χ2n) is 10.2. The highest BCUT2D eigenvalue weighted by Crippen LogP contribution is 2.41. The fourth-order valence-electron chi connectivity index (χ4n) is 6.09. The third-order valence-electron chi connectivity index (χ3n) is 7.79. The SMILES string of the molecule is Cc1cc2c3c(c1)c(C1=C(c4cnc5ccccn45)C(=O)CC1=O)cn3CCN(C(=O)N1CCOCC1)C2. The number of pyridine rings is 1. The van der Waals surface area contributed by atoms with Gasteiger partial charge in [-0.2, -0.15) is 0 Å². The van der Waals surface area contributed by atoms with Crippen LogP contribution in [0.4, 0.5) is 4.79 Å². The van der Waals surface area contributed by atoms with Crippen molar-refractivity contribution in [2.45, 2.75) is 26.4 Å². The molecular formula is C29H27N5O4. The molecule has 2 aliphatic heterocycles. The van der Waals surface area contributed by atoms with Crippen LogP contribution in [-0.4, -0.2) is 74.2 Å². The van der Waals surface area contributed by atoms with Crippen LogP contribution in [0.1, 0.15) is 28.8 Å². The van der Waals surface area contributed by atoms with Gasteiger partial charge in [-0.25, -0.2) is 9.78 Å². The number of ketones is 2. The zero-order chi connectivity index (χ0) is 26.0. The molecule has 0 spiro atoms. The Kier molecular flexibility index (Phi) is 5.23. The number of carbonyl (C=O) groups excluding carboxylic acids is 3. The standard InChI is InChI=1S/C29H27N5O4/c1-18-12-19-16-33(29(37)31-8-10-38-11-9-31)7-6-32-17-21(20(13-18)28(19)32)26-23(35)14-24(36)27(26)22-15-30-25-4-2-3-5-34(22)25/h2-5,12-13,15,17H,6-11,14,16H2,1H3. The first-order valence-corrected chi connectivity index (χ1v) is 13.0. The van der Waals surface area contributed by atoms with Gasteiger partial charge in [0.1, 0.15) is 5.65 Å². The maximum atomic E-state index is 13.4. The smallest absolute Gasteiger partial charge is 0.320 e. The highest BCUT2D eigenvalue weighted by Gasteiger charge is 2.36. The molecule has 7 rings (SSSR count). The zero-order valence-corrected chi connectivity index (χ0v) is 21.1. The molecule has 3 aliphatic rings. The Morgan fingerprint density at radius 3 is 2.63 bits per heavy atom. The predicted octanol–water partition coefficient (Wildman–Crippen LogP) is 3.32. The van der Waals surface area contributed by atoms with E-state index in [1.165, 1.54) is 0 Å². The predicted molar refractivity (Wildman–Crippen MR) is 142 cm³/mol. The van der Waals surface area contributed by atoms with E-state index < -0.39 is 0 Å². The van der Waals surface area contributed by atoms with Gasteiger partial charge in [-0.1, -0.05) is 17.7 Å². The lowest BCUT2D eigenvalue weighted by atomic mass is 9.96. The van der Waals surface area contributed by atoms with Crippen LogP contribution in [0.2, 0.25) is 0 Å². The number of morpholine rings is 1. The first kappa shape index (κ1) is 22.9. The van der Waals surface area contributed by atoms with Gasteiger partial charge in [-0.05, 0) is 30.7 Å². The van der Waals surface area contributed by atoms with Crippen LogP contribution in [0, 0.1) is 6.92 Å². The van der Waals surface area contributed by atoms with Crippen molar-refractivity contribution in [3.63, 3.8) is 0 Å². The second kappa shape index (κ2) is 8.66. The molecule has 1 fully saturated rings. The highest BCUT2D eigenvalue weighted by molar-refractivity contribution is 6.51. The van der Waals surface area contributed by atoms with Gasteiger partial charge in [0.15, 0.2) is 11.6 Å². The number of benzene rings is 1. The van der Waals surface area contributed by atoms with E-state index in [4.69, 9.17) is 4.74 Å². The first-order valence-electron chi connectivity index (χ1n) is 13.0. The lowest BCUT2D eigenvalue weighted by Crippen LogP contribution is -2.48. The lowest BCUT2D eigenvalue weighted by Gasteiger charge is -2.32. The molecule has 0 radical (unpaired) electrons. The molecule has 1 aromatic carbocycles. The number of hydrogen-bond donors (Lipinski definition) is 0. The van der Waals surface area contributed by atoms with Crippen LogP contribution >= 0.6 is 0 Å². The number of rotatable bonds is 2. The lowest BCUT2D eigenvalue weighted by molar-refractivity contribution is -0.119. The minimum atomic E-state index is -0.182. The number of carbonyl (C=O) groups is 3. The Morgan fingerprint density at radius 1 is 0.974 bits per heavy atom. The summed E-state index contributed by atoms with van der Waals surface area (Å²) in [4.78, 5) is 48.1. The number of aromatic nitrogens is 3. The summed E-state index contributed by atoms with van der Waals surface area (Å²) in [6, 6.07) is 9.89. The Balaban J connectivity index is 1.37. The van der Waals surface area contributed by atoms with E-state index in [0.717, 1.165) is 33.2 Å². The third-order valence-corrected chi connectivity index (χ3v) is 7.79. The summed E-state index contributed by atoms with van der Waals surface area (Å²) in [6.07, 6.45) is 5.39.